The Morgan fingerprint density at radius 1 is 1.09 bits per heavy atom. The number of phenols is 1. The molecule has 0 aliphatic carbocycles. The topological polar surface area (TPSA) is 84.9 Å². The second kappa shape index (κ2) is 10.0. The third-order valence-electron chi connectivity index (χ3n) is 6.33. The van der Waals surface area contributed by atoms with Crippen LogP contribution in [0.1, 0.15) is 41.8 Å². The van der Waals surface area contributed by atoms with Crippen molar-refractivity contribution in [2.75, 3.05) is 12.4 Å². The summed E-state index contributed by atoms with van der Waals surface area (Å²) in [5.74, 6) is -1.06. The van der Waals surface area contributed by atoms with E-state index in [4.69, 9.17) is 21.1 Å². The zero-order valence-corrected chi connectivity index (χ0v) is 20.6. The molecule has 1 amide bonds. The molecule has 0 fully saturated rings. The maximum Gasteiger partial charge on any atom is 0.339 e. The van der Waals surface area contributed by atoms with Crippen molar-refractivity contribution in [2.45, 2.75) is 32.3 Å². The van der Waals surface area contributed by atoms with Crippen LogP contribution in [0.25, 0.3) is 0 Å². The molecule has 2 unspecified atom stereocenters. The second-order valence-corrected chi connectivity index (χ2v) is 9.57. The van der Waals surface area contributed by atoms with Crippen LogP contribution >= 0.6 is 11.6 Å². The van der Waals surface area contributed by atoms with Crippen molar-refractivity contribution < 1.29 is 24.2 Å². The SMILES string of the molecule is COc1cccc(CC(CC(C)C)C2(OC(=O)c3ccccc3)C(=O)Nc3ccc(Cl)cc32)c1O. The number of aromatic hydroxyl groups is 1. The Hall–Kier alpha value is -3.51. The highest BCUT2D eigenvalue weighted by Crippen LogP contribution is 2.49. The van der Waals surface area contributed by atoms with Gasteiger partial charge in [0.05, 0.1) is 12.7 Å². The number of phenolic OH excluding ortho intramolecular Hbond substituents is 1. The van der Waals surface area contributed by atoms with E-state index in [-0.39, 0.29) is 18.1 Å². The summed E-state index contributed by atoms with van der Waals surface area (Å²) < 4.78 is 11.5. The number of carbonyl (C=O) groups is 2. The number of rotatable bonds is 8. The Morgan fingerprint density at radius 3 is 2.51 bits per heavy atom. The molecular formula is C28H28ClNO5. The Bertz CT molecular complexity index is 1240. The van der Waals surface area contributed by atoms with E-state index in [1.54, 1.807) is 66.7 Å². The molecule has 35 heavy (non-hydrogen) atoms. The van der Waals surface area contributed by atoms with Crippen molar-refractivity contribution in [3.05, 3.63) is 88.4 Å². The number of nitrogens with one attached hydrogen (secondary N) is 1. The number of benzene rings is 3. The highest BCUT2D eigenvalue weighted by Gasteiger charge is 2.56. The molecule has 0 aromatic heterocycles. The average Bonchev–Trinajstić information content (AvgIpc) is 3.11. The summed E-state index contributed by atoms with van der Waals surface area (Å²) in [4.78, 5) is 27.1. The summed E-state index contributed by atoms with van der Waals surface area (Å²) in [6.45, 7) is 4.08. The van der Waals surface area contributed by atoms with E-state index < -0.39 is 23.4 Å². The van der Waals surface area contributed by atoms with E-state index in [0.29, 0.717) is 39.6 Å². The van der Waals surface area contributed by atoms with Crippen LogP contribution in [0, 0.1) is 11.8 Å². The summed E-state index contributed by atoms with van der Waals surface area (Å²) in [6.07, 6.45) is 0.806. The molecule has 6 nitrogen and oxygen atoms in total. The van der Waals surface area contributed by atoms with Crippen molar-refractivity contribution >= 4 is 29.2 Å². The van der Waals surface area contributed by atoms with Gasteiger partial charge in [0.15, 0.2) is 11.5 Å². The Morgan fingerprint density at radius 2 is 1.83 bits per heavy atom. The number of esters is 1. The largest absolute Gasteiger partial charge is 0.504 e. The fourth-order valence-electron chi connectivity index (χ4n) is 4.76. The number of halogens is 1. The molecule has 1 aliphatic rings. The molecule has 3 aromatic rings. The van der Waals surface area contributed by atoms with Crippen LogP contribution in [0.3, 0.4) is 0 Å². The molecule has 182 valence electrons. The quantitative estimate of drug-likeness (QED) is 0.378. The first-order valence-electron chi connectivity index (χ1n) is 11.5. The zero-order valence-electron chi connectivity index (χ0n) is 19.9. The number of anilines is 1. The lowest BCUT2D eigenvalue weighted by molar-refractivity contribution is -0.142. The van der Waals surface area contributed by atoms with E-state index in [1.807, 2.05) is 13.8 Å². The monoisotopic (exact) mass is 493 g/mol. The van der Waals surface area contributed by atoms with Gasteiger partial charge in [-0.1, -0.05) is 55.8 Å². The molecule has 1 aliphatic heterocycles. The first-order valence-corrected chi connectivity index (χ1v) is 11.9. The minimum absolute atomic E-state index is 0.00184. The van der Waals surface area contributed by atoms with Gasteiger partial charge in [-0.3, -0.25) is 4.79 Å². The molecular weight excluding hydrogens is 466 g/mol. The summed E-state index contributed by atoms with van der Waals surface area (Å²) in [7, 11) is 1.48. The maximum absolute atomic E-state index is 13.7. The van der Waals surface area contributed by atoms with Gasteiger partial charge in [0, 0.05) is 22.2 Å². The molecule has 0 saturated carbocycles. The summed E-state index contributed by atoms with van der Waals surface area (Å²) in [5, 5.41) is 14.1. The Balaban J connectivity index is 1.88. The minimum Gasteiger partial charge on any atom is -0.504 e. The third kappa shape index (κ3) is 4.71. The highest BCUT2D eigenvalue weighted by atomic mass is 35.5. The third-order valence-corrected chi connectivity index (χ3v) is 6.57. The number of fused-ring (bicyclic) bond motifs is 1. The molecule has 0 bridgehead atoms. The van der Waals surface area contributed by atoms with Gasteiger partial charge < -0.3 is 19.9 Å². The molecule has 2 N–H and O–H groups in total. The standard InChI is InChI=1S/C28H28ClNO5/c1-17(2)14-20(15-19-10-7-11-24(34-3)25(19)31)28(35-26(32)18-8-5-4-6-9-18)22-16-21(29)12-13-23(22)30-27(28)33/h4-13,16-17,20,31H,14-15H2,1-3H3,(H,30,33). The van der Waals surface area contributed by atoms with Gasteiger partial charge in [-0.25, -0.2) is 4.79 Å². The van der Waals surface area contributed by atoms with Crippen LogP contribution in [-0.2, 0) is 21.6 Å². The lowest BCUT2D eigenvalue weighted by atomic mass is 9.74. The maximum atomic E-state index is 13.7. The molecule has 0 saturated heterocycles. The van der Waals surface area contributed by atoms with Crippen LogP contribution in [0.15, 0.2) is 66.7 Å². The lowest BCUT2D eigenvalue weighted by Gasteiger charge is -2.37. The van der Waals surface area contributed by atoms with E-state index in [1.165, 1.54) is 7.11 Å². The molecule has 4 rings (SSSR count). The van der Waals surface area contributed by atoms with E-state index in [9.17, 15) is 14.7 Å². The van der Waals surface area contributed by atoms with Gasteiger partial charge in [0.2, 0.25) is 5.60 Å². The van der Waals surface area contributed by atoms with Crippen molar-refractivity contribution in [3.63, 3.8) is 0 Å². The fourth-order valence-corrected chi connectivity index (χ4v) is 4.94. The van der Waals surface area contributed by atoms with Crippen LogP contribution in [0.2, 0.25) is 5.02 Å². The van der Waals surface area contributed by atoms with Gasteiger partial charge in [-0.2, -0.15) is 0 Å². The van der Waals surface area contributed by atoms with Gasteiger partial charge in [0.25, 0.3) is 5.91 Å². The predicted octanol–water partition coefficient (Wildman–Crippen LogP) is 5.96. The van der Waals surface area contributed by atoms with Gasteiger partial charge in [-0.15, -0.1) is 0 Å². The van der Waals surface area contributed by atoms with Gasteiger partial charge in [0.1, 0.15) is 0 Å². The van der Waals surface area contributed by atoms with E-state index in [2.05, 4.69) is 5.32 Å². The van der Waals surface area contributed by atoms with Crippen molar-refractivity contribution in [2.24, 2.45) is 11.8 Å². The predicted molar refractivity (Wildman–Crippen MR) is 135 cm³/mol. The first kappa shape index (κ1) is 24.6. The van der Waals surface area contributed by atoms with Crippen molar-refractivity contribution in [1.29, 1.82) is 0 Å². The fraction of sp³-hybridized carbons (Fsp3) is 0.286. The normalized spacial score (nSPS) is 17.6. The molecule has 0 spiro atoms. The molecule has 7 heteroatoms. The van der Waals surface area contributed by atoms with Gasteiger partial charge >= 0.3 is 5.97 Å². The number of carbonyl (C=O) groups excluding carboxylic acids is 2. The van der Waals surface area contributed by atoms with Crippen LogP contribution < -0.4 is 10.1 Å². The second-order valence-electron chi connectivity index (χ2n) is 9.13. The molecule has 1 heterocycles. The smallest absolute Gasteiger partial charge is 0.339 e. The number of ether oxygens (including phenoxy) is 2. The Labute approximate surface area is 209 Å². The highest BCUT2D eigenvalue weighted by molar-refractivity contribution is 6.31. The number of para-hydroxylation sites is 1. The van der Waals surface area contributed by atoms with Crippen molar-refractivity contribution in [3.8, 4) is 11.5 Å². The van der Waals surface area contributed by atoms with E-state index >= 15 is 0 Å². The first-order chi connectivity index (χ1) is 16.8. The molecule has 3 aromatic carbocycles. The van der Waals surface area contributed by atoms with Crippen molar-refractivity contribution in [1.82, 2.24) is 0 Å². The average molecular weight is 494 g/mol. The number of hydrogen-bond donors (Lipinski definition) is 2. The van der Waals surface area contributed by atoms with Crippen LogP contribution in [0.5, 0.6) is 11.5 Å². The summed E-state index contributed by atoms with van der Waals surface area (Å²) >= 11 is 6.35. The summed E-state index contributed by atoms with van der Waals surface area (Å²) in [6, 6.07) is 18.9. The summed E-state index contributed by atoms with van der Waals surface area (Å²) in [5.41, 5.74) is 0.333. The number of amides is 1. The molecule has 0 radical (unpaired) electrons. The van der Waals surface area contributed by atoms with Crippen LogP contribution in [-0.4, -0.2) is 24.1 Å². The molecule has 2 atom stereocenters. The Kier molecular flexibility index (Phi) is 7.03. The minimum atomic E-state index is -1.65. The lowest BCUT2D eigenvalue weighted by Crippen LogP contribution is -2.47. The number of methoxy groups -OCH3 is 1. The van der Waals surface area contributed by atoms with Gasteiger partial charge in [-0.05, 0) is 60.7 Å². The van der Waals surface area contributed by atoms with E-state index in [0.717, 1.165) is 0 Å². The number of hydrogen-bond acceptors (Lipinski definition) is 5. The zero-order chi connectivity index (χ0) is 25.2. The van der Waals surface area contributed by atoms with Crippen LogP contribution in [0.4, 0.5) is 5.69 Å².